The summed E-state index contributed by atoms with van der Waals surface area (Å²) in [7, 11) is 0. The maximum Gasteiger partial charge on any atom is 0.196 e. The highest BCUT2D eigenvalue weighted by Gasteiger charge is 2.18. The lowest BCUT2D eigenvalue weighted by Crippen LogP contribution is -2.10. The molecule has 0 N–H and O–H groups in total. The highest BCUT2D eigenvalue weighted by atomic mass is 79.9. The van der Waals surface area contributed by atoms with E-state index in [1.807, 2.05) is 18.2 Å². The minimum absolute atomic E-state index is 0.122. The van der Waals surface area contributed by atoms with Crippen LogP contribution in [0.2, 0.25) is 0 Å². The van der Waals surface area contributed by atoms with Gasteiger partial charge in [0.2, 0.25) is 0 Å². The molecule has 152 valence electrons. The van der Waals surface area contributed by atoms with Gasteiger partial charge in [-0.3, -0.25) is 4.57 Å². The molecule has 30 heavy (non-hydrogen) atoms. The Labute approximate surface area is 190 Å². The van der Waals surface area contributed by atoms with E-state index < -0.39 is 0 Å². The molecule has 4 aromatic rings. The molecule has 5 heteroatoms. The predicted molar refractivity (Wildman–Crippen MR) is 129 cm³/mol. The van der Waals surface area contributed by atoms with Crippen molar-refractivity contribution in [3.63, 3.8) is 0 Å². The maximum atomic E-state index is 4.57. The maximum absolute atomic E-state index is 4.57. The summed E-state index contributed by atoms with van der Waals surface area (Å²) in [5, 5.41) is 9.99. The zero-order chi connectivity index (χ0) is 21.1. The number of aromatic nitrogens is 3. The van der Waals surface area contributed by atoms with Crippen molar-refractivity contribution in [2.24, 2.45) is 0 Å². The van der Waals surface area contributed by atoms with E-state index >= 15 is 0 Å². The number of hydrogen-bond donors (Lipinski definition) is 0. The Morgan fingerprint density at radius 2 is 1.50 bits per heavy atom. The van der Waals surface area contributed by atoms with E-state index in [2.05, 4.69) is 112 Å². The number of halogens is 1. The molecule has 3 aromatic carbocycles. The number of hydrogen-bond acceptors (Lipinski definition) is 3. The molecule has 1 heterocycles. The van der Waals surface area contributed by atoms with Gasteiger partial charge in [0, 0.05) is 21.5 Å². The van der Waals surface area contributed by atoms with E-state index in [0.717, 1.165) is 32.5 Å². The normalized spacial score (nSPS) is 11.6. The lowest BCUT2D eigenvalue weighted by Gasteiger charge is -2.19. The first-order chi connectivity index (χ1) is 14.4. The van der Waals surface area contributed by atoms with E-state index in [0.29, 0.717) is 0 Å². The summed E-state index contributed by atoms with van der Waals surface area (Å²) in [6, 6.07) is 27.4. The standard InChI is InChI=1S/C25H24BrN3S/c1-25(2,3)20-13-11-19(12-14-20)23-27-28-24(29(23)22-7-5-4-6-8-22)30-17-18-9-15-21(26)16-10-18/h4-16H,17H2,1-3H3. The van der Waals surface area contributed by atoms with Crippen LogP contribution in [0.5, 0.6) is 0 Å². The van der Waals surface area contributed by atoms with Gasteiger partial charge in [-0.05, 0) is 40.8 Å². The summed E-state index contributed by atoms with van der Waals surface area (Å²) in [4.78, 5) is 0. The Balaban J connectivity index is 1.70. The summed E-state index contributed by atoms with van der Waals surface area (Å²) in [5.74, 6) is 1.70. The van der Waals surface area contributed by atoms with E-state index in [-0.39, 0.29) is 5.41 Å². The molecule has 0 atom stereocenters. The minimum atomic E-state index is 0.122. The van der Waals surface area contributed by atoms with Gasteiger partial charge in [-0.25, -0.2) is 0 Å². The van der Waals surface area contributed by atoms with Crippen LogP contribution in [0.15, 0.2) is 88.5 Å². The van der Waals surface area contributed by atoms with Crippen LogP contribution in [-0.2, 0) is 11.2 Å². The van der Waals surface area contributed by atoms with Crippen molar-refractivity contribution in [3.8, 4) is 17.1 Å². The van der Waals surface area contributed by atoms with Crippen molar-refractivity contribution in [2.45, 2.75) is 37.1 Å². The molecule has 0 fully saturated rings. The summed E-state index contributed by atoms with van der Waals surface area (Å²) in [6.07, 6.45) is 0. The van der Waals surface area contributed by atoms with Crippen LogP contribution < -0.4 is 0 Å². The van der Waals surface area contributed by atoms with Gasteiger partial charge < -0.3 is 0 Å². The predicted octanol–water partition coefficient (Wildman–Crippen LogP) is 7.29. The second-order valence-corrected chi connectivity index (χ2v) is 10.1. The number of para-hydroxylation sites is 1. The SMILES string of the molecule is CC(C)(C)c1ccc(-c2nnc(SCc3ccc(Br)cc3)n2-c2ccccc2)cc1. The van der Waals surface area contributed by atoms with Gasteiger partial charge in [-0.1, -0.05) is 103 Å². The van der Waals surface area contributed by atoms with Crippen molar-refractivity contribution in [2.75, 3.05) is 0 Å². The molecule has 0 aliphatic carbocycles. The van der Waals surface area contributed by atoms with Crippen LogP contribution in [0.25, 0.3) is 17.1 Å². The third kappa shape index (κ3) is 4.68. The average Bonchev–Trinajstić information content (AvgIpc) is 3.17. The minimum Gasteiger partial charge on any atom is -0.270 e. The van der Waals surface area contributed by atoms with Crippen LogP contribution >= 0.6 is 27.7 Å². The van der Waals surface area contributed by atoms with Gasteiger partial charge in [-0.2, -0.15) is 0 Å². The number of thioether (sulfide) groups is 1. The molecule has 0 spiro atoms. The molecule has 0 amide bonds. The van der Waals surface area contributed by atoms with Crippen LogP contribution in [0.4, 0.5) is 0 Å². The Hall–Kier alpha value is -2.37. The number of benzene rings is 3. The first kappa shape index (κ1) is 20.9. The summed E-state index contributed by atoms with van der Waals surface area (Å²) < 4.78 is 3.24. The topological polar surface area (TPSA) is 30.7 Å². The van der Waals surface area contributed by atoms with Gasteiger partial charge in [0.05, 0.1) is 0 Å². The molecule has 4 rings (SSSR count). The van der Waals surface area contributed by atoms with Crippen molar-refractivity contribution >= 4 is 27.7 Å². The third-order valence-electron chi connectivity index (χ3n) is 4.94. The quantitative estimate of drug-likeness (QED) is 0.282. The largest absolute Gasteiger partial charge is 0.270 e. The van der Waals surface area contributed by atoms with Gasteiger partial charge in [0.25, 0.3) is 0 Å². The Morgan fingerprint density at radius 1 is 0.833 bits per heavy atom. The Bertz CT molecular complexity index is 1110. The van der Waals surface area contributed by atoms with E-state index in [9.17, 15) is 0 Å². The monoisotopic (exact) mass is 477 g/mol. The molecule has 0 saturated heterocycles. The van der Waals surface area contributed by atoms with Crippen LogP contribution in [0, 0.1) is 0 Å². The summed E-state index contributed by atoms with van der Waals surface area (Å²) in [5.41, 5.74) is 4.81. The summed E-state index contributed by atoms with van der Waals surface area (Å²) >= 11 is 5.19. The first-order valence-electron chi connectivity index (χ1n) is 9.91. The van der Waals surface area contributed by atoms with Crippen molar-refractivity contribution in [1.29, 1.82) is 0 Å². The van der Waals surface area contributed by atoms with Crippen LogP contribution in [-0.4, -0.2) is 14.8 Å². The van der Waals surface area contributed by atoms with Gasteiger partial charge >= 0.3 is 0 Å². The fourth-order valence-electron chi connectivity index (χ4n) is 3.21. The molecule has 0 aliphatic heterocycles. The van der Waals surface area contributed by atoms with Crippen LogP contribution in [0.1, 0.15) is 31.9 Å². The second-order valence-electron chi connectivity index (χ2n) is 8.22. The van der Waals surface area contributed by atoms with E-state index in [1.54, 1.807) is 11.8 Å². The highest BCUT2D eigenvalue weighted by molar-refractivity contribution is 9.10. The smallest absolute Gasteiger partial charge is 0.196 e. The highest BCUT2D eigenvalue weighted by Crippen LogP contribution is 2.31. The lowest BCUT2D eigenvalue weighted by atomic mass is 9.87. The second kappa shape index (κ2) is 8.78. The van der Waals surface area contributed by atoms with Gasteiger partial charge in [0.1, 0.15) is 0 Å². The molecule has 0 bridgehead atoms. The molecule has 0 unspecified atom stereocenters. The van der Waals surface area contributed by atoms with E-state index in [1.165, 1.54) is 11.1 Å². The van der Waals surface area contributed by atoms with Gasteiger partial charge in [-0.15, -0.1) is 10.2 Å². The lowest BCUT2D eigenvalue weighted by molar-refractivity contribution is 0.590. The van der Waals surface area contributed by atoms with E-state index in [4.69, 9.17) is 0 Å². The molecule has 0 aliphatic rings. The molecule has 1 aromatic heterocycles. The zero-order valence-corrected chi connectivity index (χ0v) is 19.7. The van der Waals surface area contributed by atoms with Crippen molar-refractivity contribution in [1.82, 2.24) is 14.8 Å². The number of nitrogens with zero attached hydrogens (tertiary/aromatic N) is 3. The molecular formula is C25H24BrN3S. The Kier molecular flexibility index (Phi) is 6.11. The fraction of sp³-hybridized carbons (Fsp3) is 0.200. The fourth-order valence-corrected chi connectivity index (χ4v) is 4.38. The van der Waals surface area contributed by atoms with Gasteiger partial charge in [0.15, 0.2) is 11.0 Å². The van der Waals surface area contributed by atoms with Crippen molar-refractivity contribution in [3.05, 3.63) is 94.5 Å². The Morgan fingerprint density at radius 3 is 2.13 bits per heavy atom. The van der Waals surface area contributed by atoms with Crippen LogP contribution in [0.3, 0.4) is 0 Å². The molecule has 0 radical (unpaired) electrons. The average molecular weight is 478 g/mol. The zero-order valence-electron chi connectivity index (χ0n) is 17.3. The van der Waals surface area contributed by atoms with Crippen molar-refractivity contribution < 1.29 is 0 Å². The molecular weight excluding hydrogens is 454 g/mol. The summed E-state index contributed by atoms with van der Waals surface area (Å²) in [6.45, 7) is 6.68. The molecule has 3 nitrogen and oxygen atoms in total. The molecule has 0 saturated carbocycles. The third-order valence-corrected chi connectivity index (χ3v) is 6.47. The first-order valence-corrected chi connectivity index (χ1v) is 11.7. The number of rotatable bonds is 5.